The molecule has 0 saturated heterocycles. The molecule has 0 bridgehead atoms. The van der Waals surface area contributed by atoms with Crippen LogP contribution in [0.1, 0.15) is 31.4 Å². The van der Waals surface area contributed by atoms with Gasteiger partial charge in [0.2, 0.25) is 0 Å². The van der Waals surface area contributed by atoms with Gasteiger partial charge in [-0.3, -0.25) is 0 Å². The normalized spacial score (nSPS) is 10.5. The van der Waals surface area contributed by atoms with E-state index in [1.807, 2.05) is 18.2 Å². The molecule has 3 heteroatoms. The van der Waals surface area contributed by atoms with Crippen LogP contribution in [0.5, 0.6) is 0 Å². The van der Waals surface area contributed by atoms with Crippen molar-refractivity contribution >= 4 is 22.6 Å². The summed E-state index contributed by atoms with van der Waals surface area (Å²) in [5.41, 5.74) is 2.07. The minimum absolute atomic E-state index is 0.767. The number of hydrogen-bond acceptors (Lipinski definition) is 2. The minimum atomic E-state index is 0.767. The second kappa shape index (κ2) is 7.67. The van der Waals surface area contributed by atoms with Crippen LogP contribution in [0.2, 0.25) is 0 Å². The van der Waals surface area contributed by atoms with Crippen LogP contribution in [0.3, 0.4) is 0 Å². The van der Waals surface area contributed by atoms with Crippen LogP contribution >= 0.6 is 22.6 Å². The van der Waals surface area contributed by atoms with Gasteiger partial charge in [-0.25, -0.2) is 0 Å². The Bertz CT molecular complexity index is 392. The number of nitriles is 1. The molecule has 0 aromatic heterocycles. The standard InChI is InChI=1S/C14H19IN2/c1-3-17(4-2)9-5-6-13-10-12(11-16)7-8-14(13)15/h7-8,10H,3-6,9H2,1-2H3. The van der Waals surface area contributed by atoms with Crippen LogP contribution < -0.4 is 0 Å². The molecular weight excluding hydrogens is 323 g/mol. The van der Waals surface area contributed by atoms with Gasteiger partial charge in [-0.05, 0) is 78.8 Å². The molecule has 0 atom stereocenters. The molecule has 0 radical (unpaired) electrons. The van der Waals surface area contributed by atoms with Crippen LogP contribution in [0, 0.1) is 14.9 Å². The van der Waals surface area contributed by atoms with Crippen molar-refractivity contribution in [3.63, 3.8) is 0 Å². The number of aryl methyl sites for hydroxylation is 1. The maximum absolute atomic E-state index is 8.88. The Morgan fingerprint density at radius 3 is 2.59 bits per heavy atom. The fourth-order valence-electron chi connectivity index (χ4n) is 1.87. The van der Waals surface area contributed by atoms with Gasteiger partial charge in [0, 0.05) is 3.57 Å². The number of nitrogens with zero attached hydrogens (tertiary/aromatic N) is 2. The Labute approximate surface area is 118 Å². The lowest BCUT2D eigenvalue weighted by Gasteiger charge is -2.17. The number of rotatable bonds is 6. The van der Waals surface area contributed by atoms with Crippen molar-refractivity contribution in [2.24, 2.45) is 0 Å². The van der Waals surface area contributed by atoms with Gasteiger partial charge in [0.25, 0.3) is 0 Å². The average molecular weight is 342 g/mol. The third-order valence-corrected chi connectivity index (χ3v) is 4.04. The Morgan fingerprint density at radius 1 is 1.29 bits per heavy atom. The van der Waals surface area contributed by atoms with Gasteiger partial charge >= 0.3 is 0 Å². The van der Waals surface area contributed by atoms with E-state index in [4.69, 9.17) is 5.26 Å². The Hall–Kier alpha value is -0.600. The zero-order chi connectivity index (χ0) is 12.7. The second-order valence-corrected chi connectivity index (χ2v) is 5.21. The van der Waals surface area contributed by atoms with Crippen LogP contribution in [-0.2, 0) is 6.42 Å². The summed E-state index contributed by atoms with van der Waals surface area (Å²) in [4.78, 5) is 2.43. The highest BCUT2D eigenvalue weighted by Gasteiger charge is 2.03. The van der Waals surface area contributed by atoms with Gasteiger partial charge < -0.3 is 4.90 Å². The predicted molar refractivity (Wildman–Crippen MR) is 80.0 cm³/mol. The van der Waals surface area contributed by atoms with E-state index < -0.39 is 0 Å². The monoisotopic (exact) mass is 342 g/mol. The topological polar surface area (TPSA) is 27.0 Å². The van der Waals surface area contributed by atoms with Crippen LogP contribution in [-0.4, -0.2) is 24.5 Å². The molecule has 1 aromatic carbocycles. The van der Waals surface area contributed by atoms with Gasteiger partial charge in [0.05, 0.1) is 11.6 Å². The highest BCUT2D eigenvalue weighted by molar-refractivity contribution is 14.1. The Balaban J connectivity index is 2.54. The highest BCUT2D eigenvalue weighted by Crippen LogP contribution is 2.16. The third-order valence-electron chi connectivity index (χ3n) is 2.99. The van der Waals surface area contributed by atoms with Crippen LogP contribution in [0.25, 0.3) is 0 Å². The lowest BCUT2D eigenvalue weighted by atomic mass is 10.1. The number of benzene rings is 1. The van der Waals surface area contributed by atoms with Gasteiger partial charge in [-0.15, -0.1) is 0 Å². The van der Waals surface area contributed by atoms with Crippen molar-refractivity contribution < 1.29 is 0 Å². The molecule has 17 heavy (non-hydrogen) atoms. The molecule has 0 heterocycles. The van der Waals surface area contributed by atoms with Gasteiger partial charge in [0.15, 0.2) is 0 Å². The van der Waals surface area contributed by atoms with E-state index in [0.29, 0.717) is 0 Å². The van der Waals surface area contributed by atoms with Crippen molar-refractivity contribution in [2.45, 2.75) is 26.7 Å². The summed E-state index contributed by atoms with van der Waals surface area (Å²) in [5.74, 6) is 0. The molecule has 1 rings (SSSR count). The zero-order valence-electron chi connectivity index (χ0n) is 10.5. The Kier molecular flexibility index (Phi) is 6.53. The van der Waals surface area contributed by atoms with Gasteiger partial charge in [0.1, 0.15) is 0 Å². The van der Waals surface area contributed by atoms with Gasteiger partial charge in [-0.1, -0.05) is 13.8 Å². The summed E-state index contributed by atoms with van der Waals surface area (Å²) in [6.07, 6.45) is 2.22. The summed E-state index contributed by atoms with van der Waals surface area (Å²) in [6.45, 7) is 7.77. The average Bonchev–Trinajstić information content (AvgIpc) is 2.36. The van der Waals surface area contributed by atoms with Gasteiger partial charge in [-0.2, -0.15) is 5.26 Å². The molecule has 0 saturated carbocycles. The van der Waals surface area contributed by atoms with E-state index in [-0.39, 0.29) is 0 Å². The predicted octanol–water partition coefficient (Wildman–Crippen LogP) is 3.44. The lowest BCUT2D eigenvalue weighted by Crippen LogP contribution is -2.24. The van der Waals surface area contributed by atoms with E-state index in [0.717, 1.165) is 38.0 Å². The van der Waals surface area contributed by atoms with E-state index >= 15 is 0 Å². The molecule has 0 aliphatic heterocycles. The van der Waals surface area contributed by atoms with Crippen LogP contribution in [0.15, 0.2) is 18.2 Å². The van der Waals surface area contributed by atoms with Crippen molar-refractivity contribution in [2.75, 3.05) is 19.6 Å². The quantitative estimate of drug-likeness (QED) is 0.741. The SMILES string of the molecule is CCN(CC)CCCc1cc(C#N)ccc1I. The van der Waals surface area contributed by atoms with Crippen molar-refractivity contribution in [1.29, 1.82) is 5.26 Å². The molecule has 0 fully saturated rings. The summed E-state index contributed by atoms with van der Waals surface area (Å²) in [7, 11) is 0. The smallest absolute Gasteiger partial charge is 0.0991 e. The largest absolute Gasteiger partial charge is 0.304 e. The lowest BCUT2D eigenvalue weighted by molar-refractivity contribution is 0.300. The van der Waals surface area contributed by atoms with E-state index in [9.17, 15) is 0 Å². The van der Waals surface area contributed by atoms with Crippen LogP contribution in [0.4, 0.5) is 0 Å². The first kappa shape index (κ1) is 14.5. The summed E-state index contributed by atoms with van der Waals surface area (Å²) in [6, 6.07) is 8.14. The molecule has 0 spiro atoms. The molecule has 92 valence electrons. The van der Waals surface area contributed by atoms with Crippen molar-refractivity contribution in [3.05, 3.63) is 32.9 Å². The third kappa shape index (κ3) is 4.64. The second-order valence-electron chi connectivity index (χ2n) is 4.05. The summed E-state index contributed by atoms with van der Waals surface area (Å²) in [5, 5.41) is 8.88. The highest BCUT2D eigenvalue weighted by atomic mass is 127. The molecule has 0 aliphatic rings. The molecule has 0 N–H and O–H groups in total. The fourth-order valence-corrected chi connectivity index (χ4v) is 2.47. The van der Waals surface area contributed by atoms with E-state index in [2.05, 4.69) is 47.4 Å². The molecule has 1 aromatic rings. The molecule has 2 nitrogen and oxygen atoms in total. The molecule has 0 amide bonds. The maximum atomic E-state index is 8.88. The maximum Gasteiger partial charge on any atom is 0.0991 e. The number of hydrogen-bond donors (Lipinski definition) is 0. The van der Waals surface area contributed by atoms with Crippen molar-refractivity contribution in [3.8, 4) is 6.07 Å². The van der Waals surface area contributed by atoms with E-state index in [1.54, 1.807) is 0 Å². The first-order valence-corrected chi connectivity index (χ1v) is 7.20. The minimum Gasteiger partial charge on any atom is -0.304 e. The van der Waals surface area contributed by atoms with Crippen molar-refractivity contribution in [1.82, 2.24) is 4.90 Å². The Morgan fingerprint density at radius 2 is 2.00 bits per heavy atom. The van der Waals surface area contributed by atoms with E-state index in [1.165, 1.54) is 9.13 Å². The summed E-state index contributed by atoms with van der Waals surface area (Å²) < 4.78 is 1.26. The molecular formula is C14H19IN2. The first-order valence-electron chi connectivity index (χ1n) is 6.12. The molecule has 0 unspecified atom stereocenters. The zero-order valence-corrected chi connectivity index (χ0v) is 12.7. The fraction of sp³-hybridized carbons (Fsp3) is 0.500. The molecule has 0 aliphatic carbocycles. The summed E-state index contributed by atoms with van der Waals surface area (Å²) >= 11 is 2.35. The first-order chi connectivity index (χ1) is 8.21. The number of halogens is 1.